The third-order valence-electron chi connectivity index (χ3n) is 6.85. The van der Waals surface area contributed by atoms with E-state index < -0.39 is 19.0 Å². The van der Waals surface area contributed by atoms with Gasteiger partial charge in [-0.15, -0.1) is 5.10 Å². The summed E-state index contributed by atoms with van der Waals surface area (Å²) < 4.78 is 41.8. The summed E-state index contributed by atoms with van der Waals surface area (Å²) in [4.78, 5) is 31.6. The summed E-state index contributed by atoms with van der Waals surface area (Å²) in [5, 5.41) is 18.7. The lowest BCUT2D eigenvalue weighted by Gasteiger charge is -2.14. The van der Waals surface area contributed by atoms with Crippen molar-refractivity contribution in [2.75, 3.05) is 0 Å². The maximum Gasteiger partial charge on any atom is 0.389 e. The molecular formula is C30H25ClF3IN8O2. The van der Waals surface area contributed by atoms with Crippen molar-refractivity contribution in [2.45, 2.75) is 45.5 Å². The smallest absolute Gasteiger partial charge is 0.348 e. The van der Waals surface area contributed by atoms with E-state index in [1.54, 1.807) is 18.2 Å². The molecule has 10 nitrogen and oxygen atoms in total. The van der Waals surface area contributed by atoms with Gasteiger partial charge in [-0.25, -0.2) is 14.3 Å². The van der Waals surface area contributed by atoms with Gasteiger partial charge in [0, 0.05) is 34.7 Å². The van der Waals surface area contributed by atoms with Gasteiger partial charge in [0.25, 0.3) is 5.91 Å². The number of ketones is 1. The molecule has 1 N–H and O–H groups in total. The second-order valence-corrected chi connectivity index (χ2v) is 11.8. The topological polar surface area (TPSA) is 120 Å². The molecule has 0 saturated carbocycles. The van der Waals surface area contributed by atoms with Gasteiger partial charge in [-0.2, -0.15) is 18.3 Å². The monoisotopic (exact) mass is 748 g/mol. The van der Waals surface area contributed by atoms with E-state index in [-0.39, 0.29) is 47.0 Å². The molecule has 2 aromatic carbocycles. The molecule has 5 aromatic rings. The van der Waals surface area contributed by atoms with Crippen molar-refractivity contribution in [1.82, 2.24) is 40.3 Å². The fourth-order valence-corrected chi connectivity index (χ4v) is 5.65. The van der Waals surface area contributed by atoms with Gasteiger partial charge in [0.15, 0.2) is 17.4 Å². The molecule has 0 atom stereocenters. The number of carbonyl (C=O) groups is 2. The van der Waals surface area contributed by atoms with Crippen LogP contribution < -0.4 is 5.32 Å². The van der Waals surface area contributed by atoms with Gasteiger partial charge >= 0.3 is 6.18 Å². The highest BCUT2D eigenvalue weighted by atomic mass is 127. The highest BCUT2D eigenvalue weighted by molar-refractivity contribution is 14.1. The summed E-state index contributed by atoms with van der Waals surface area (Å²) in [6, 6.07) is 17.8. The first kappa shape index (κ1) is 32.2. The van der Waals surface area contributed by atoms with E-state index in [1.807, 2.05) is 43.3 Å². The molecule has 232 valence electrons. The Morgan fingerprint density at radius 3 is 2.58 bits per heavy atom. The fourth-order valence-electron chi connectivity index (χ4n) is 4.67. The number of amides is 1. The molecule has 1 amide bonds. The van der Waals surface area contributed by atoms with Crippen molar-refractivity contribution in [1.29, 1.82) is 0 Å². The van der Waals surface area contributed by atoms with Crippen molar-refractivity contribution in [2.24, 2.45) is 0 Å². The first-order valence-electron chi connectivity index (χ1n) is 13.6. The van der Waals surface area contributed by atoms with Crippen molar-refractivity contribution in [3.05, 3.63) is 115 Å². The number of alkyl halides is 3. The van der Waals surface area contributed by atoms with Crippen LogP contribution in [0.3, 0.4) is 0 Å². The lowest BCUT2D eigenvalue weighted by atomic mass is 9.95. The molecule has 3 heterocycles. The average molecular weight is 749 g/mol. The first-order valence-corrected chi connectivity index (χ1v) is 15.1. The Labute approximate surface area is 274 Å². The van der Waals surface area contributed by atoms with Gasteiger partial charge in [-0.05, 0) is 87.0 Å². The number of benzene rings is 2. The summed E-state index contributed by atoms with van der Waals surface area (Å²) in [6.07, 6.45) is -4.54. The number of hydrogen-bond donors (Lipinski definition) is 1. The number of carbonyl (C=O) groups excluding carboxylic acids is 2. The Morgan fingerprint density at radius 1 is 1.07 bits per heavy atom. The quantitative estimate of drug-likeness (QED) is 0.136. The van der Waals surface area contributed by atoms with E-state index in [2.05, 4.69) is 53.5 Å². The molecule has 0 radical (unpaired) electrons. The number of aryl methyl sites for hydroxylation is 2. The molecule has 0 unspecified atom stereocenters. The zero-order chi connectivity index (χ0) is 32.1. The molecule has 0 aliphatic rings. The van der Waals surface area contributed by atoms with Crippen LogP contribution in [0.25, 0.3) is 5.82 Å². The molecule has 0 bridgehead atoms. The number of hydrogen-bond acceptors (Lipinski definition) is 7. The number of halogens is 5. The molecule has 0 spiro atoms. The second kappa shape index (κ2) is 13.9. The van der Waals surface area contributed by atoms with Crippen molar-refractivity contribution in [3.8, 4) is 5.82 Å². The average Bonchev–Trinajstić information content (AvgIpc) is 3.63. The van der Waals surface area contributed by atoms with Gasteiger partial charge in [0.1, 0.15) is 5.69 Å². The second-order valence-electron chi connectivity index (χ2n) is 10.1. The Balaban J connectivity index is 1.46. The van der Waals surface area contributed by atoms with E-state index in [1.165, 1.54) is 21.6 Å². The number of nitrogens with one attached hydrogen (secondary N) is 1. The summed E-state index contributed by atoms with van der Waals surface area (Å²) >= 11 is 8.55. The molecular weight excluding hydrogens is 724 g/mol. The summed E-state index contributed by atoms with van der Waals surface area (Å²) in [5.74, 6) is -0.504. The molecule has 3 aromatic heterocycles. The van der Waals surface area contributed by atoms with E-state index in [0.717, 1.165) is 14.7 Å². The Morgan fingerprint density at radius 2 is 1.84 bits per heavy atom. The lowest BCUT2D eigenvalue weighted by Crippen LogP contribution is -2.25. The highest BCUT2D eigenvalue weighted by Crippen LogP contribution is 2.25. The summed E-state index contributed by atoms with van der Waals surface area (Å²) in [6.45, 7) is 2.04. The van der Waals surface area contributed by atoms with Crippen LogP contribution in [0.2, 0.25) is 5.02 Å². The predicted molar refractivity (Wildman–Crippen MR) is 167 cm³/mol. The molecule has 15 heteroatoms. The van der Waals surface area contributed by atoms with Crippen LogP contribution in [-0.4, -0.2) is 52.8 Å². The summed E-state index contributed by atoms with van der Waals surface area (Å²) in [5.41, 5.74) is 3.00. The number of aromatic nitrogens is 7. The third kappa shape index (κ3) is 8.11. The van der Waals surface area contributed by atoms with Crippen LogP contribution in [-0.2, 0) is 25.9 Å². The molecule has 0 fully saturated rings. The van der Waals surface area contributed by atoms with Crippen LogP contribution in [0.5, 0.6) is 0 Å². The highest BCUT2D eigenvalue weighted by Gasteiger charge is 2.28. The SMILES string of the molecule is Cc1cc(I)cc(C(=O)NCc2ccccc2)c1CC(=O)c1cc(Cn2nnnc2CCC(F)(F)F)nn1-c1ncccc1Cl. The van der Waals surface area contributed by atoms with Crippen LogP contribution in [0.15, 0.2) is 66.9 Å². The minimum absolute atomic E-state index is 0.0197. The van der Waals surface area contributed by atoms with E-state index in [9.17, 15) is 22.8 Å². The molecule has 5 rings (SSSR count). The molecule has 0 aliphatic heterocycles. The molecule has 0 saturated heterocycles. The van der Waals surface area contributed by atoms with E-state index >= 15 is 0 Å². The zero-order valence-electron chi connectivity index (χ0n) is 23.7. The minimum atomic E-state index is -4.38. The van der Waals surface area contributed by atoms with Crippen LogP contribution in [0.1, 0.15) is 55.5 Å². The van der Waals surface area contributed by atoms with Crippen molar-refractivity contribution in [3.63, 3.8) is 0 Å². The van der Waals surface area contributed by atoms with E-state index in [0.29, 0.717) is 23.4 Å². The molecule has 45 heavy (non-hydrogen) atoms. The van der Waals surface area contributed by atoms with Crippen LogP contribution in [0.4, 0.5) is 13.2 Å². The van der Waals surface area contributed by atoms with Gasteiger partial charge in [0.2, 0.25) is 0 Å². The van der Waals surface area contributed by atoms with Crippen LogP contribution in [0, 0.1) is 10.5 Å². The largest absolute Gasteiger partial charge is 0.389 e. The van der Waals surface area contributed by atoms with Gasteiger partial charge < -0.3 is 5.32 Å². The maximum absolute atomic E-state index is 14.0. The zero-order valence-corrected chi connectivity index (χ0v) is 26.6. The minimum Gasteiger partial charge on any atom is -0.348 e. The van der Waals surface area contributed by atoms with Crippen LogP contribution >= 0.6 is 34.2 Å². The molecule has 0 aliphatic carbocycles. The van der Waals surface area contributed by atoms with E-state index in [4.69, 9.17) is 11.6 Å². The predicted octanol–water partition coefficient (Wildman–Crippen LogP) is 5.72. The van der Waals surface area contributed by atoms with Crippen molar-refractivity contribution >= 4 is 45.9 Å². The third-order valence-corrected chi connectivity index (χ3v) is 7.77. The number of nitrogens with zero attached hydrogens (tertiary/aromatic N) is 7. The maximum atomic E-state index is 14.0. The number of pyridine rings is 1. The lowest BCUT2D eigenvalue weighted by molar-refractivity contribution is -0.134. The Kier molecular flexibility index (Phi) is 9.92. The standard InChI is InChI=1S/C30H25ClF3IN8O2/c1-18-12-20(35)13-23(29(45)37-16-19-6-3-2-4-7-19)22(18)15-26(44)25-14-21(39-43(25)28-24(31)8-5-11-36-28)17-42-27(38-40-41-42)9-10-30(32,33)34/h2-8,11-14H,9-10,15-17H2,1H3,(H,37,45). The number of Topliss-reactive ketones (excluding diaryl/α,β-unsaturated/α-hetero) is 1. The number of tetrazole rings is 1. The van der Waals surface area contributed by atoms with Crippen molar-refractivity contribution < 1.29 is 22.8 Å². The Bertz CT molecular complexity index is 1840. The Hall–Kier alpha value is -4.18. The fraction of sp³-hybridized carbons (Fsp3) is 0.233. The first-order chi connectivity index (χ1) is 21.5. The number of rotatable bonds is 11. The normalized spacial score (nSPS) is 11.5. The summed E-state index contributed by atoms with van der Waals surface area (Å²) in [7, 11) is 0. The van der Waals surface area contributed by atoms with Gasteiger partial charge in [-0.3, -0.25) is 9.59 Å². The van der Waals surface area contributed by atoms with Gasteiger partial charge in [-0.1, -0.05) is 41.9 Å². The van der Waals surface area contributed by atoms with Gasteiger partial charge in [0.05, 0.1) is 23.7 Å².